The maximum absolute atomic E-state index is 12.6. The number of benzene rings is 1. The van der Waals surface area contributed by atoms with Crippen molar-refractivity contribution in [1.82, 2.24) is 4.90 Å². The summed E-state index contributed by atoms with van der Waals surface area (Å²) in [6.45, 7) is 7.33. The zero-order valence-corrected chi connectivity index (χ0v) is 21.8. The van der Waals surface area contributed by atoms with Crippen molar-refractivity contribution in [1.29, 1.82) is 0 Å². The molecule has 32 heavy (non-hydrogen) atoms. The molecular formula is C28H49ClN2O. The molecule has 1 aliphatic rings. The molecule has 1 aromatic carbocycles. The first-order valence-corrected chi connectivity index (χ1v) is 13.3. The molecule has 1 fully saturated rings. The predicted molar refractivity (Wildman–Crippen MR) is 133 cm³/mol. The maximum Gasteiger partial charge on any atom is 0.222 e. The van der Waals surface area contributed by atoms with Crippen LogP contribution < -0.4 is 12.4 Å². The van der Waals surface area contributed by atoms with E-state index in [1.807, 2.05) is 0 Å². The summed E-state index contributed by atoms with van der Waals surface area (Å²) >= 11 is 0. The van der Waals surface area contributed by atoms with Crippen molar-refractivity contribution in [2.75, 3.05) is 33.2 Å². The van der Waals surface area contributed by atoms with Gasteiger partial charge in [0, 0.05) is 12.0 Å². The summed E-state index contributed by atoms with van der Waals surface area (Å²) in [5.41, 5.74) is 1.40. The smallest absolute Gasteiger partial charge is 0.222 e. The minimum atomic E-state index is 0. The third-order valence-corrected chi connectivity index (χ3v) is 7.07. The van der Waals surface area contributed by atoms with Gasteiger partial charge >= 0.3 is 0 Å². The average molecular weight is 465 g/mol. The van der Waals surface area contributed by atoms with E-state index in [-0.39, 0.29) is 12.4 Å². The molecule has 0 unspecified atom stereocenters. The number of unbranched alkanes of at least 4 members (excludes halogenated alkanes) is 12. The Morgan fingerprint density at radius 1 is 0.781 bits per heavy atom. The number of hydrogen-bond acceptors (Lipinski definition) is 1. The van der Waals surface area contributed by atoms with E-state index in [0.717, 1.165) is 50.0 Å². The predicted octanol–water partition coefficient (Wildman–Crippen LogP) is 3.96. The van der Waals surface area contributed by atoms with E-state index >= 15 is 0 Å². The Balaban J connectivity index is 0.00000512. The molecule has 0 saturated carbocycles. The van der Waals surface area contributed by atoms with Crippen LogP contribution in [0.5, 0.6) is 0 Å². The summed E-state index contributed by atoms with van der Waals surface area (Å²) < 4.78 is 1.05. The molecule has 1 aromatic rings. The third-order valence-electron chi connectivity index (χ3n) is 7.07. The topological polar surface area (TPSA) is 20.3 Å². The second-order valence-electron chi connectivity index (χ2n) is 10.1. The van der Waals surface area contributed by atoms with Gasteiger partial charge in [-0.15, -0.1) is 0 Å². The Kier molecular flexibility index (Phi) is 15.8. The van der Waals surface area contributed by atoms with Gasteiger partial charge in [0.25, 0.3) is 0 Å². The molecule has 1 heterocycles. The van der Waals surface area contributed by atoms with Gasteiger partial charge in [0.15, 0.2) is 0 Å². The Morgan fingerprint density at radius 3 is 1.75 bits per heavy atom. The molecule has 3 nitrogen and oxygen atoms in total. The van der Waals surface area contributed by atoms with Gasteiger partial charge in [-0.3, -0.25) is 4.79 Å². The quantitative estimate of drug-likeness (QED) is 0.268. The lowest BCUT2D eigenvalue weighted by Crippen LogP contribution is -3.00. The van der Waals surface area contributed by atoms with Crippen LogP contribution >= 0.6 is 0 Å². The summed E-state index contributed by atoms with van der Waals surface area (Å²) in [5, 5.41) is 0. The lowest BCUT2D eigenvalue weighted by atomic mass is 10.0. The van der Waals surface area contributed by atoms with Gasteiger partial charge < -0.3 is 21.8 Å². The van der Waals surface area contributed by atoms with Crippen LogP contribution in [0.15, 0.2) is 30.3 Å². The first kappa shape index (κ1) is 29.0. The van der Waals surface area contributed by atoms with Gasteiger partial charge in [-0.1, -0.05) is 114 Å². The normalized spacial score (nSPS) is 15.4. The number of rotatable bonds is 16. The highest BCUT2D eigenvalue weighted by molar-refractivity contribution is 5.76. The molecule has 1 aliphatic heterocycles. The number of carbonyl (C=O) groups is 1. The first-order chi connectivity index (χ1) is 15.1. The van der Waals surface area contributed by atoms with Crippen molar-refractivity contribution < 1.29 is 21.7 Å². The van der Waals surface area contributed by atoms with Crippen LogP contribution in [0, 0.1) is 0 Å². The van der Waals surface area contributed by atoms with E-state index < -0.39 is 0 Å². The van der Waals surface area contributed by atoms with Gasteiger partial charge in [0.05, 0.1) is 33.2 Å². The number of carbonyl (C=O) groups excluding carboxylic acids is 1. The summed E-state index contributed by atoms with van der Waals surface area (Å²) in [7, 11) is 2.33. The van der Waals surface area contributed by atoms with Gasteiger partial charge in [-0.2, -0.15) is 0 Å². The highest BCUT2D eigenvalue weighted by Crippen LogP contribution is 2.18. The number of hydrogen-bond donors (Lipinski definition) is 0. The second-order valence-corrected chi connectivity index (χ2v) is 10.1. The van der Waals surface area contributed by atoms with Crippen LogP contribution in [0.3, 0.4) is 0 Å². The number of piperazine rings is 1. The van der Waals surface area contributed by atoms with E-state index in [0.29, 0.717) is 5.91 Å². The van der Waals surface area contributed by atoms with E-state index in [1.165, 1.54) is 82.6 Å². The number of likely N-dealkylation sites (N-methyl/N-ethyl adjacent to an activating group) is 1. The van der Waals surface area contributed by atoms with Crippen LogP contribution in [-0.4, -0.2) is 48.5 Å². The van der Waals surface area contributed by atoms with Crippen molar-refractivity contribution in [2.24, 2.45) is 0 Å². The minimum absolute atomic E-state index is 0. The van der Waals surface area contributed by atoms with Crippen molar-refractivity contribution in [2.45, 2.75) is 103 Å². The van der Waals surface area contributed by atoms with Gasteiger partial charge in [-0.25, -0.2) is 0 Å². The summed E-state index contributed by atoms with van der Waals surface area (Å²) in [5.74, 6) is 0.383. The zero-order chi connectivity index (χ0) is 22.2. The molecule has 2 rings (SSSR count). The Bertz CT molecular complexity index is 584. The minimum Gasteiger partial charge on any atom is -1.00 e. The van der Waals surface area contributed by atoms with Gasteiger partial charge in [0.1, 0.15) is 6.54 Å². The Hall–Kier alpha value is -1.06. The fraction of sp³-hybridized carbons (Fsp3) is 0.750. The Labute approximate surface area is 204 Å². The van der Waals surface area contributed by atoms with E-state index in [9.17, 15) is 4.79 Å². The largest absolute Gasteiger partial charge is 1.00 e. The monoisotopic (exact) mass is 464 g/mol. The lowest BCUT2D eigenvalue weighted by molar-refractivity contribution is -0.926. The summed E-state index contributed by atoms with van der Waals surface area (Å²) in [4.78, 5) is 14.7. The molecule has 0 radical (unpaired) electrons. The van der Waals surface area contributed by atoms with Crippen molar-refractivity contribution >= 4 is 5.91 Å². The van der Waals surface area contributed by atoms with Crippen molar-refractivity contribution in [3.05, 3.63) is 35.9 Å². The summed E-state index contributed by atoms with van der Waals surface area (Å²) in [6.07, 6.45) is 18.4. The van der Waals surface area contributed by atoms with Crippen LogP contribution in [0.4, 0.5) is 0 Å². The van der Waals surface area contributed by atoms with E-state index in [2.05, 4.69) is 49.2 Å². The fourth-order valence-electron chi connectivity index (χ4n) is 4.83. The third kappa shape index (κ3) is 12.3. The van der Waals surface area contributed by atoms with Gasteiger partial charge in [-0.05, 0) is 6.42 Å². The first-order valence-electron chi connectivity index (χ1n) is 13.3. The molecule has 184 valence electrons. The molecule has 0 atom stereocenters. The Morgan fingerprint density at radius 2 is 1.25 bits per heavy atom. The maximum atomic E-state index is 12.6. The van der Waals surface area contributed by atoms with Crippen molar-refractivity contribution in [3.63, 3.8) is 0 Å². The molecule has 4 heteroatoms. The van der Waals surface area contributed by atoms with Crippen LogP contribution in [-0.2, 0) is 11.3 Å². The fourth-order valence-corrected chi connectivity index (χ4v) is 4.83. The van der Waals surface area contributed by atoms with Crippen LogP contribution in [0.25, 0.3) is 0 Å². The van der Waals surface area contributed by atoms with Gasteiger partial charge in [0.2, 0.25) is 5.91 Å². The van der Waals surface area contributed by atoms with Crippen LogP contribution in [0.2, 0.25) is 0 Å². The highest BCUT2D eigenvalue weighted by Gasteiger charge is 2.30. The number of halogens is 1. The molecule has 1 amide bonds. The molecule has 0 bridgehead atoms. The number of quaternary nitrogens is 1. The average Bonchev–Trinajstić information content (AvgIpc) is 2.78. The molecule has 0 aliphatic carbocycles. The molecular weight excluding hydrogens is 416 g/mol. The zero-order valence-electron chi connectivity index (χ0n) is 21.0. The lowest BCUT2D eigenvalue weighted by Gasteiger charge is -2.42. The summed E-state index contributed by atoms with van der Waals surface area (Å²) in [6, 6.07) is 10.8. The molecule has 0 spiro atoms. The van der Waals surface area contributed by atoms with E-state index in [4.69, 9.17) is 0 Å². The second kappa shape index (κ2) is 17.4. The number of nitrogens with zero attached hydrogens (tertiary/aromatic N) is 2. The van der Waals surface area contributed by atoms with E-state index in [1.54, 1.807) is 0 Å². The highest BCUT2D eigenvalue weighted by atomic mass is 35.5. The number of amides is 1. The molecule has 1 saturated heterocycles. The SMILES string of the molecule is CCCCCCCCCCCCCCCC(=O)N1CC[N+](C)(Cc2ccccc2)CC1.[Cl-]. The van der Waals surface area contributed by atoms with Crippen LogP contribution in [0.1, 0.15) is 102 Å². The van der Waals surface area contributed by atoms with Crippen molar-refractivity contribution in [3.8, 4) is 0 Å². The molecule has 0 N–H and O–H groups in total. The molecule has 0 aromatic heterocycles. The standard InChI is InChI=1S/C28H49N2O.ClH/c1-3-4-5-6-7-8-9-10-11-12-13-14-18-21-28(31)29-22-24-30(2,25-23-29)26-27-19-16-15-17-20-27;/h15-17,19-20H,3-14,18,21-26H2,1-2H3;1H/q+1;/p-1.